The zero-order valence-corrected chi connectivity index (χ0v) is 13.8. The van der Waals surface area contributed by atoms with Gasteiger partial charge in [-0.3, -0.25) is 0 Å². The molecule has 0 spiro atoms. The summed E-state index contributed by atoms with van der Waals surface area (Å²) in [5, 5.41) is 5.34. The van der Waals surface area contributed by atoms with Gasteiger partial charge in [-0.05, 0) is 30.9 Å². The molecular weight excluding hydrogens is 270 g/mol. The molecular formula is C17H24ClNO. The van der Waals surface area contributed by atoms with Crippen molar-refractivity contribution in [1.29, 1.82) is 0 Å². The molecule has 0 radical (unpaired) electrons. The van der Waals surface area contributed by atoms with E-state index >= 15 is 0 Å². The number of halogens is 1. The molecule has 0 bridgehead atoms. The van der Waals surface area contributed by atoms with Gasteiger partial charge in [-0.1, -0.05) is 45.4 Å². The van der Waals surface area contributed by atoms with E-state index in [0.29, 0.717) is 17.0 Å². The molecule has 1 N–H and O–H groups in total. The molecule has 3 heteroatoms. The predicted octanol–water partition coefficient (Wildman–Crippen LogP) is 5.09. The van der Waals surface area contributed by atoms with Gasteiger partial charge in [0, 0.05) is 17.0 Å². The minimum absolute atomic E-state index is 0.437. The molecule has 0 aliphatic heterocycles. The smallest absolute Gasteiger partial charge is 0.153 e. The predicted molar refractivity (Wildman–Crippen MR) is 86.5 cm³/mol. The summed E-state index contributed by atoms with van der Waals surface area (Å²) in [4.78, 5) is 0. The maximum Gasteiger partial charge on any atom is 0.153 e. The van der Waals surface area contributed by atoms with Crippen LogP contribution in [0.3, 0.4) is 0 Å². The average molecular weight is 294 g/mol. The van der Waals surface area contributed by atoms with E-state index in [9.17, 15) is 0 Å². The van der Waals surface area contributed by atoms with Crippen LogP contribution in [0.4, 0.5) is 0 Å². The molecule has 2 rings (SSSR count). The normalized spacial score (nSPS) is 12.0. The van der Waals surface area contributed by atoms with Gasteiger partial charge in [0.2, 0.25) is 0 Å². The van der Waals surface area contributed by atoms with Crippen molar-refractivity contribution in [2.45, 2.75) is 53.6 Å². The molecule has 20 heavy (non-hydrogen) atoms. The summed E-state index contributed by atoms with van der Waals surface area (Å²) in [5.41, 5.74) is 3.38. The van der Waals surface area contributed by atoms with Crippen LogP contribution in [0.5, 0.6) is 0 Å². The lowest BCUT2D eigenvalue weighted by Gasteiger charge is -2.10. The van der Waals surface area contributed by atoms with Gasteiger partial charge in [-0.2, -0.15) is 0 Å². The summed E-state index contributed by atoms with van der Waals surface area (Å²) >= 11 is 6.30. The minimum atomic E-state index is 0.437. The number of hydrogen-bond donors (Lipinski definition) is 1. The Morgan fingerprint density at radius 3 is 2.50 bits per heavy atom. The monoisotopic (exact) mass is 293 g/mol. The van der Waals surface area contributed by atoms with Crippen molar-refractivity contribution in [3.05, 3.63) is 34.0 Å². The molecule has 0 unspecified atom stereocenters. The van der Waals surface area contributed by atoms with E-state index in [0.717, 1.165) is 24.3 Å². The summed E-state index contributed by atoms with van der Waals surface area (Å²) in [5.74, 6) is 1.62. The van der Waals surface area contributed by atoms with Crippen LogP contribution in [-0.2, 0) is 13.0 Å². The molecule has 110 valence electrons. The summed E-state index contributed by atoms with van der Waals surface area (Å²) < 4.78 is 6.07. The lowest BCUT2D eigenvalue weighted by atomic mass is 9.97. The van der Waals surface area contributed by atoms with Gasteiger partial charge >= 0.3 is 0 Å². The fourth-order valence-electron chi connectivity index (χ4n) is 2.52. The van der Waals surface area contributed by atoms with Gasteiger partial charge in [-0.25, -0.2) is 0 Å². The number of furan rings is 1. The molecule has 2 aromatic rings. The average Bonchev–Trinajstić information content (AvgIpc) is 2.71. The lowest BCUT2D eigenvalue weighted by Crippen LogP contribution is -2.22. The molecule has 1 aromatic heterocycles. The molecule has 1 heterocycles. The van der Waals surface area contributed by atoms with Crippen molar-refractivity contribution in [2.75, 3.05) is 0 Å². The Morgan fingerprint density at radius 1 is 1.20 bits per heavy atom. The number of rotatable bonds is 5. The highest BCUT2D eigenvalue weighted by Gasteiger charge is 2.18. The van der Waals surface area contributed by atoms with Gasteiger partial charge in [0.15, 0.2) is 5.58 Å². The fraction of sp³-hybridized carbons (Fsp3) is 0.529. The molecule has 0 amide bonds. The van der Waals surface area contributed by atoms with E-state index < -0.39 is 0 Å². The Kier molecular flexibility index (Phi) is 4.77. The second-order valence-electron chi connectivity index (χ2n) is 6.21. The number of aryl methyl sites for hydroxylation is 1. The van der Waals surface area contributed by atoms with Crippen LogP contribution in [0.1, 0.15) is 44.6 Å². The Balaban J connectivity index is 2.54. The van der Waals surface area contributed by atoms with Gasteiger partial charge < -0.3 is 9.73 Å². The molecule has 0 fully saturated rings. The Bertz CT molecular complexity index is 599. The third-order valence-corrected chi connectivity index (χ3v) is 3.76. The minimum Gasteiger partial charge on any atom is -0.458 e. The lowest BCUT2D eigenvalue weighted by molar-refractivity contribution is 0.478. The number of fused-ring (bicyclic) bond motifs is 1. The molecule has 1 aromatic carbocycles. The first-order valence-electron chi connectivity index (χ1n) is 7.32. The largest absolute Gasteiger partial charge is 0.458 e. The topological polar surface area (TPSA) is 25.2 Å². The second-order valence-corrected chi connectivity index (χ2v) is 6.61. The van der Waals surface area contributed by atoms with Crippen LogP contribution in [0.15, 0.2) is 16.5 Å². The van der Waals surface area contributed by atoms with Crippen molar-refractivity contribution >= 4 is 22.6 Å². The van der Waals surface area contributed by atoms with Gasteiger partial charge in [0.05, 0.1) is 11.6 Å². The van der Waals surface area contributed by atoms with Gasteiger partial charge in [0.25, 0.3) is 0 Å². The van der Waals surface area contributed by atoms with Crippen molar-refractivity contribution in [1.82, 2.24) is 5.32 Å². The van der Waals surface area contributed by atoms with Crippen molar-refractivity contribution in [2.24, 2.45) is 5.92 Å². The van der Waals surface area contributed by atoms with E-state index in [1.165, 1.54) is 16.5 Å². The van der Waals surface area contributed by atoms with Crippen LogP contribution >= 0.6 is 11.6 Å². The van der Waals surface area contributed by atoms with Gasteiger partial charge in [-0.15, -0.1) is 0 Å². The number of benzene rings is 1. The zero-order chi connectivity index (χ0) is 14.9. The molecule has 0 saturated heterocycles. The fourth-order valence-corrected chi connectivity index (χ4v) is 2.71. The highest BCUT2D eigenvalue weighted by molar-refractivity contribution is 6.35. The molecule has 0 saturated carbocycles. The number of hydrogen-bond acceptors (Lipinski definition) is 2. The van der Waals surface area contributed by atoms with Gasteiger partial charge in [0.1, 0.15) is 5.76 Å². The van der Waals surface area contributed by atoms with Crippen LogP contribution in [0.2, 0.25) is 5.02 Å². The van der Waals surface area contributed by atoms with E-state index in [2.05, 4.69) is 46.0 Å². The van der Waals surface area contributed by atoms with Crippen LogP contribution in [0.25, 0.3) is 11.0 Å². The van der Waals surface area contributed by atoms with E-state index in [1.807, 2.05) is 6.07 Å². The third-order valence-electron chi connectivity index (χ3n) is 3.46. The van der Waals surface area contributed by atoms with Crippen LogP contribution in [-0.4, -0.2) is 6.04 Å². The highest BCUT2D eigenvalue weighted by Crippen LogP contribution is 2.35. The highest BCUT2D eigenvalue weighted by atomic mass is 35.5. The Hall–Kier alpha value is -0.990. The third kappa shape index (κ3) is 3.18. The van der Waals surface area contributed by atoms with Crippen LogP contribution in [0, 0.1) is 12.8 Å². The van der Waals surface area contributed by atoms with E-state index in [-0.39, 0.29) is 0 Å². The maximum absolute atomic E-state index is 6.30. The summed E-state index contributed by atoms with van der Waals surface area (Å²) in [6, 6.07) is 4.43. The standard InChI is InChI=1S/C17H24ClNO/c1-10(2)8-13-15(9-19-11(3)4)20-17-14(18)7-6-12(5)16(13)17/h6-7,10-11,19H,8-9H2,1-5H3. The SMILES string of the molecule is Cc1ccc(Cl)c2oc(CNC(C)C)c(CC(C)C)c12. The molecule has 2 nitrogen and oxygen atoms in total. The first-order valence-corrected chi connectivity index (χ1v) is 7.70. The summed E-state index contributed by atoms with van der Waals surface area (Å²) in [7, 11) is 0. The first kappa shape index (κ1) is 15.4. The van der Waals surface area contributed by atoms with Crippen LogP contribution < -0.4 is 5.32 Å². The van der Waals surface area contributed by atoms with Crippen molar-refractivity contribution in [3.8, 4) is 0 Å². The molecule has 0 atom stereocenters. The zero-order valence-electron chi connectivity index (χ0n) is 13.0. The Labute approximate surface area is 126 Å². The quantitative estimate of drug-likeness (QED) is 0.830. The first-order chi connectivity index (χ1) is 9.40. The molecule has 0 aliphatic carbocycles. The van der Waals surface area contributed by atoms with E-state index in [4.69, 9.17) is 16.0 Å². The second kappa shape index (κ2) is 6.19. The maximum atomic E-state index is 6.30. The number of nitrogens with one attached hydrogen (secondary N) is 1. The van der Waals surface area contributed by atoms with E-state index in [1.54, 1.807) is 0 Å². The van der Waals surface area contributed by atoms with Crippen molar-refractivity contribution in [3.63, 3.8) is 0 Å². The summed E-state index contributed by atoms with van der Waals surface area (Å²) in [6.45, 7) is 11.6. The molecule has 0 aliphatic rings. The summed E-state index contributed by atoms with van der Waals surface area (Å²) in [6.07, 6.45) is 1.02. The Morgan fingerprint density at radius 2 is 1.90 bits per heavy atom. The van der Waals surface area contributed by atoms with Crippen molar-refractivity contribution < 1.29 is 4.42 Å².